The van der Waals surface area contributed by atoms with E-state index in [9.17, 15) is 9.59 Å². The fourth-order valence-corrected chi connectivity index (χ4v) is 4.25. The molecule has 0 spiro atoms. The number of hydrogen-bond acceptors (Lipinski definition) is 5. The number of halogens is 2. The first kappa shape index (κ1) is 21.3. The molecule has 2 amide bonds. The van der Waals surface area contributed by atoms with Crippen molar-refractivity contribution >= 4 is 58.2 Å². The Morgan fingerprint density at radius 1 is 0.871 bits per heavy atom. The summed E-state index contributed by atoms with van der Waals surface area (Å²) in [5.41, 5.74) is 1.24. The Labute approximate surface area is 193 Å². The standard InChI is InChI=1S/C23H16Cl2N2O3S/c1-30-18-9-7-17(8-10-18)27-22(28)20(26-16-4-2-3-15(25)13-16)21(23(27)29)31-19-11-5-14(24)6-12-19/h2-13,26H,1H3. The number of rotatable bonds is 6. The zero-order valence-corrected chi connectivity index (χ0v) is 18.6. The van der Waals surface area contributed by atoms with E-state index in [0.717, 1.165) is 9.80 Å². The van der Waals surface area contributed by atoms with Gasteiger partial charge in [-0.15, -0.1) is 0 Å². The van der Waals surface area contributed by atoms with Crippen LogP contribution in [0, 0.1) is 0 Å². The molecule has 0 aromatic heterocycles. The van der Waals surface area contributed by atoms with Crippen LogP contribution < -0.4 is 15.0 Å². The molecule has 0 unspecified atom stereocenters. The predicted octanol–water partition coefficient (Wildman–Crippen LogP) is 5.99. The van der Waals surface area contributed by atoms with Crippen LogP contribution in [0.1, 0.15) is 0 Å². The van der Waals surface area contributed by atoms with Crippen molar-refractivity contribution < 1.29 is 14.3 Å². The molecule has 5 nitrogen and oxygen atoms in total. The van der Waals surface area contributed by atoms with Gasteiger partial charge in [-0.25, -0.2) is 4.90 Å². The normalized spacial score (nSPS) is 13.7. The third kappa shape index (κ3) is 4.56. The van der Waals surface area contributed by atoms with Gasteiger partial charge in [0.15, 0.2) is 0 Å². The Morgan fingerprint density at radius 2 is 1.58 bits per heavy atom. The summed E-state index contributed by atoms with van der Waals surface area (Å²) in [5, 5.41) is 4.18. The molecule has 1 heterocycles. The quantitative estimate of drug-likeness (QED) is 0.448. The van der Waals surface area contributed by atoms with E-state index in [1.54, 1.807) is 79.9 Å². The number of hydrogen-bond donors (Lipinski definition) is 1. The largest absolute Gasteiger partial charge is 0.497 e. The van der Waals surface area contributed by atoms with E-state index in [4.69, 9.17) is 27.9 Å². The second-order valence-electron chi connectivity index (χ2n) is 6.54. The van der Waals surface area contributed by atoms with E-state index >= 15 is 0 Å². The van der Waals surface area contributed by atoms with Crippen LogP contribution in [0.5, 0.6) is 5.75 Å². The van der Waals surface area contributed by atoms with Crippen LogP contribution in [0.2, 0.25) is 10.0 Å². The van der Waals surface area contributed by atoms with Crippen LogP contribution in [0.25, 0.3) is 0 Å². The van der Waals surface area contributed by atoms with Crippen LogP contribution in [0.15, 0.2) is 88.3 Å². The van der Waals surface area contributed by atoms with E-state index in [1.165, 1.54) is 11.8 Å². The van der Waals surface area contributed by atoms with Crippen molar-refractivity contribution in [3.63, 3.8) is 0 Å². The first-order chi connectivity index (χ1) is 15.0. The van der Waals surface area contributed by atoms with Crippen molar-refractivity contribution in [3.05, 3.63) is 93.4 Å². The molecule has 0 radical (unpaired) electrons. The monoisotopic (exact) mass is 470 g/mol. The maximum absolute atomic E-state index is 13.3. The highest BCUT2D eigenvalue weighted by Gasteiger charge is 2.40. The van der Waals surface area contributed by atoms with Crippen molar-refractivity contribution in [3.8, 4) is 5.75 Å². The third-order valence-electron chi connectivity index (χ3n) is 4.50. The van der Waals surface area contributed by atoms with Gasteiger partial charge in [0, 0.05) is 20.6 Å². The Bertz CT molecular complexity index is 1180. The minimum absolute atomic E-state index is 0.183. The molecular formula is C23H16Cl2N2O3S. The topological polar surface area (TPSA) is 58.6 Å². The molecule has 1 aliphatic rings. The molecule has 1 aliphatic heterocycles. The highest BCUT2D eigenvalue weighted by atomic mass is 35.5. The number of methoxy groups -OCH3 is 1. The number of anilines is 2. The number of thioether (sulfide) groups is 1. The van der Waals surface area contributed by atoms with Gasteiger partial charge in [-0.3, -0.25) is 9.59 Å². The first-order valence-corrected chi connectivity index (χ1v) is 10.8. The average Bonchev–Trinajstić information content (AvgIpc) is 2.99. The van der Waals surface area contributed by atoms with Gasteiger partial charge in [0.2, 0.25) is 0 Å². The average molecular weight is 471 g/mol. The number of amides is 2. The summed E-state index contributed by atoms with van der Waals surface area (Å²) in [5.74, 6) is -0.241. The lowest BCUT2D eigenvalue weighted by Crippen LogP contribution is -2.32. The summed E-state index contributed by atoms with van der Waals surface area (Å²) in [7, 11) is 1.55. The molecule has 0 fully saturated rings. The Balaban J connectivity index is 1.73. The first-order valence-electron chi connectivity index (χ1n) is 9.19. The minimum atomic E-state index is -0.452. The lowest BCUT2D eigenvalue weighted by atomic mass is 10.2. The molecule has 0 saturated carbocycles. The van der Waals surface area contributed by atoms with Crippen LogP contribution >= 0.6 is 35.0 Å². The second-order valence-corrected chi connectivity index (χ2v) is 8.50. The summed E-state index contributed by atoms with van der Waals surface area (Å²) >= 11 is 13.3. The zero-order valence-electron chi connectivity index (χ0n) is 16.3. The van der Waals surface area contributed by atoms with Gasteiger partial charge < -0.3 is 10.1 Å². The molecular weight excluding hydrogens is 455 g/mol. The van der Waals surface area contributed by atoms with Crippen molar-refractivity contribution in [2.45, 2.75) is 4.90 Å². The SMILES string of the molecule is COc1ccc(N2C(=O)C(Nc3cccc(Cl)c3)=C(Sc3ccc(Cl)cc3)C2=O)cc1. The van der Waals surface area contributed by atoms with Crippen molar-refractivity contribution in [2.24, 2.45) is 0 Å². The highest BCUT2D eigenvalue weighted by Crippen LogP contribution is 2.38. The van der Waals surface area contributed by atoms with Crippen LogP contribution in [-0.2, 0) is 9.59 Å². The molecule has 0 saturated heterocycles. The minimum Gasteiger partial charge on any atom is -0.497 e. The van der Waals surface area contributed by atoms with Crippen LogP contribution in [0.4, 0.5) is 11.4 Å². The summed E-state index contributed by atoms with van der Waals surface area (Å²) < 4.78 is 5.17. The number of carbonyl (C=O) groups is 2. The summed E-state index contributed by atoms with van der Waals surface area (Å²) in [6.07, 6.45) is 0. The number of ether oxygens (including phenoxy) is 1. The van der Waals surface area contributed by atoms with Gasteiger partial charge >= 0.3 is 0 Å². The van der Waals surface area contributed by atoms with E-state index in [-0.39, 0.29) is 10.6 Å². The fraction of sp³-hybridized carbons (Fsp3) is 0.0435. The van der Waals surface area contributed by atoms with E-state index in [1.807, 2.05) is 0 Å². The lowest BCUT2D eigenvalue weighted by molar-refractivity contribution is -0.120. The van der Waals surface area contributed by atoms with Crippen LogP contribution in [-0.4, -0.2) is 18.9 Å². The molecule has 4 rings (SSSR count). The molecule has 0 aliphatic carbocycles. The van der Waals surface area contributed by atoms with Gasteiger partial charge in [0.25, 0.3) is 11.8 Å². The molecule has 0 atom stereocenters. The molecule has 8 heteroatoms. The maximum atomic E-state index is 13.3. The van der Waals surface area contributed by atoms with Gasteiger partial charge in [0.1, 0.15) is 16.4 Å². The second kappa shape index (κ2) is 9.06. The maximum Gasteiger partial charge on any atom is 0.283 e. The Kier molecular flexibility index (Phi) is 6.23. The highest BCUT2D eigenvalue weighted by molar-refractivity contribution is 8.04. The number of benzene rings is 3. The van der Waals surface area contributed by atoms with Gasteiger partial charge in [0.05, 0.1) is 12.8 Å². The zero-order chi connectivity index (χ0) is 22.0. The van der Waals surface area contributed by atoms with Crippen LogP contribution in [0.3, 0.4) is 0 Å². The van der Waals surface area contributed by atoms with E-state index in [2.05, 4.69) is 5.32 Å². The number of nitrogens with zero attached hydrogens (tertiary/aromatic N) is 1. The summed E-state index contributed by atoms with van der Waals surface area (Å²) in [4.78, 5) is 28.8. The molecule has 156 valence electrons. The molecule has 0 bridgehead atoms. The van der Waals surface area contributed by atoms with Crippen molar-refractivity contribution in [1.82, 2.24) is 0 Å². The molecule has 1 N–H and O–H groups in total. The molecule has 3 aromatic rings. The van der Waals surface area contributed by atoms with Gasteiger partial charge in [-0.05, 0) is 66.7 Å². The lowest BCUT2D eigenvalue weighted by Gasteiger charge is -2.15. The smallest absolute Gasteiger partial charge is 0.283 e. The fourth-order valence-electron chi connectivity index (χ4n) is 3.01. The Morgan fingerprint density at radius 3 is 2.23 bits per heavy atom. The number of nitrogens with one attached hydrogen (secondary N) is 1. The van der Waals surface area contributed by atoms with E-state index < -0.39 is 11.8 Å². The number of carbonyl (C=O) groups excluding carboxylic acids is 2. The van der Waals surface area contributed by atoms with Gasteiger partial charge in [-0.1, -0.05) is 41.0 Å². The molecule has 3 aromatic carbocycles. The van der Waals surface area contributed by atoms with Crippen molar-refractivity contribution in [2.75, 3.05) is 17.3 Å². The van der Waals surface area contributed by atoms with E-state index in [0.29, 0.717) is 27.2 Å². The third-order valence-corrected chi connectivity index (χ3v) is 6.08. The van der Waals surface area contributed by atoms with Crippen molar-refractivity contribution in [1.29, 1.82) is 0 Å². The Hall–Kier alpha value is -2.93. The number of imide groups is 1. The van der Waals surface area contributed by atoms with Gasteiger partial charge in [-0.2, -0.15) is 0 Å². The summed E-state index contributed by atoms with van der Waals surface area (Å²) in [6, 6.07) is 20.8. The summed E-state index contributed by atoms with van der Waals surface area (Å²) in [6.45, 7) is 0. The molecule has 31 heavy (non-hydrogen) atoms. The predicted molar refractivity (Wildman–Crippen MR) is 125 cm³/mol.